The number of nitriles is 1. The van der Waals surface area contributed by atoms with E-state index in [1.54, 1.807) is 60.5 Å². The van der Waals surface area contributed by atoms with Gasteiger partial charge in [-0.3, -0.25) is 19.4 Å². The molecule has 10 heteroatoms. The van der Waals surface area contributed by atoms with E-state index in [-0.39, 0.29) is 46.9 Å². The molecule has 1 saturated heterocycles. The summed E-state index contributed by atoms with van der Waals surface area (Å²) < 4.78 is 24.9. The van der Waals surface area contributed by atoms with Crippen LogP contribution in [0.25, 0.3) is 0 Å². The van der Waals surface area contributed by atoms with Gasteiger partial charge in [-0.1, -0.05) is 0 Å². The Morgan fingerprint density at radius 1 is 0.930 bits per heavy atom. The van der Waals surface area contributed by atoms with Crippen LogP contribution in [0.4, 0.5) is 4.39 Å². The molecule has 5 rings (SSSR count). The Balaban J connectivity index is 1.07. The highest BCUT2D eigenvalue weighted by molar-refractivity contribution is 5.99. The van der Waals surface area contributed by atoms with Gasteiger partial charge in [-0.15, -0.1) is 0 Å². The van der Waals surface area contributed by atoms with Crippen molar-refractivity contribution in [1.82, 2.24) is 15.2 Å². The maximum Gasteiger partial charge on any atom is 0.270 e. The molecule has 43 heavy (non-hydrogen) atoms. The van der Waals surface area contributed by atoms with Crippen LogP contribution in [0.15, 0.2) is 60.8 Å². The molecule has 2 fully saturated rings. The fourth-order valence-electron chi connectivity index (χ4n) is 5.61. The van der Waals surface area contributed by atoms with E-state index >= 15 is 0 Å². The predicted molar refractivity (Wildman–Crippen MR) is 155 cm³/mol. The number of ether oxygens (including phenoxy) is 2. The fourth-order valence-corrected chi connectivity index (χ4v) is 5.61. The van der Waals surface area contributed by atoms with Crippen LogP contribution >= 0.6 is 0 Å². The third-order valence-corrected chi connectivity index (χ3v) is 8.14. The van der Waals surface area contributed by atoms with Crippen LogP contribution in [0, 0.1) is 23.1 Å². The van der Waals surface area contributed by atoms with Gasteiger partial charge in [0.2, 0.25) is 0 Å². The number of aromatic nitrogens is 1. The Bertz CT molecular complexity index is 1500. The number of pyridine rings is 1. The van der Waals surface area contributed by atoms with Crippen molar-refractivity contribution in [3.63, 3.8) is 0 Å². The highest BCUT2D eigenvalue weighted by Crippen LogP contribution is 2.26. The zero-order chi connectivity index (χ0) is 30.3. The number of piperidine rings is 1. The van der Waals surface area contributed by atoms with Crippen molar-refractivity contribution >= 4 is 17.6 Å². The number of ketones is 1. The van der Waals surface area contributed by atoms with E-state index in [2.05, 4.69) is 10.3 Å². The first kappa shape index (κ1) is 29.7. The summed E-state index contributed by atoms with van der Waals surface area (Å²) in [7, 11) is 1.58. The normalized spacial score (nSPS) is 18.8. The summed E-state index contributed by atoms with van der Waals surface area (Å²) >= 11 is 0. The van der Waals surface area contributed by atoms with E-state index in [1.807, 2.05) is 0 Å². The number of amides is 2. The molecule has 9 nitrogen and oxygen atoms in total. The number of nitrogens with one attached hydrogen (secondary N) is 1. The van der Waals surface area contributed by atoms with Gasteiger partial charge in [-0.25, -0.2) is 4.39 Å². The zero-order valence-electron chi connectivity index (χ0n) is 23.9. The monoisotopic (exact) mass is 584 g/mol. The third kappa shape index (κ3) is 7.17. The third-order valence-electron chi connectivity index (χ3n) is 8.14. The summed E-state index contributed by atoms with van der Waals surface area (Å²) in [5.41, 5.74) is 1.24. The van der Waals surface area contributed by atoms with Gasteiger partial charge >= 0.3 is 0 Å². The molecule has 0 atom stereocenters. The number of rotatable bonds is 8. The van der Waals surface area contributed by atoms with Crippen LogP contribution in [0.1, 0.15) is 75.3 Å². The highest BCUT2D eigenvalue weighted by Gasteiger charge is 2.29. The number of hydrogen-bond acceptors (Lipinski definition) is 7. The standard InChI is InChI=1S/C33H33FN4O5/c1-42-26-8-2-21(3-9-26)31(39)22-14-16-38(17-15-22)33(41)24-5-13-30(36-20-24)32(40)37-25-6-11-27(12-7-25)43-28-10-4-23(19-35)29(34)18-28/h2-5,8-10,13,18,20,22,25,27H,6-7,11-12,14-17H2,1H3,(H,37,40)/t25-,27+. The Labute approximate surface area is 249 Å². The molecule has 1 aromatic heterocycles. The minimum absolute atomic E-state index is 0.0243. The van der Waals surface area contributed by atoms with Gasteiger partial charge in [0.25, 0.3) is 11.8 Å². The van der Waals surface area contributed by atoms with Gasteiger partial charge in [0.15, 0.2) is 5.78 Å². The van der Waals surface area contributed by atoms with Crippen LogP contribution in [0.3, 0.4) is 0 Å². The minimum Gasteiger partial charge on any atom is -0.497 e. The molecule has 2 heterocycles. The Kier molecular flexibility index (Phi) is 9.30. The molecule has 0 bridgehead atoms. The van der Waals surface area contributed by atoms with Crippen LogP contribution in [0.2, 0.25) is 0 Å². The van der Waals surface area contributed by atoms with Crippen molar-refractivity contribution in [1.29, 1.82) is 5.26 Å². The smallest absolute Gasteiger partial charge is 0.270 e. The molecular weight excluding hydrogens is 551 g/mol. The van der Waals surface area contributed by atoms with Crippen molar-refractivity contribution in [2.75, 3.05) is 20.2 Å². The molecule has 0 unspecified atom stereocenters. The van der Waals surface area contributed by atoms with Gasteiger partial charge in [-0.2, -0.15) is 5.26 Å². The van der Waals surface area contributed by atoms with Crippen molar-refractivity contribution in [3.05, 3.63) is 89.0 Å². The fraction of sp³-hybridized carbons (Fsp3) is 0.364. The van der Waals surface area contributed by atoms with E-state index in [9.17, 15) is 18.8 Å². The van der Waals surface area contributed by atoms with Gasteiger partial charge < -0.3 is 19.7 Å². The molecule has 2 aliphatic rings. The minimum atomic E-state index is -0.608. The van der Waals surface area contributed by atoms with Crippen molar-refractivity contribution in [2.24, 2.45) is 5.92 Å². The summed E-state index contributed by atoms with van der Waals surface area (Å²) in [5.74, 6) is -0.0667. The molecule has 222 valence electrons. The number of hydrogen-bond donors (Lipinski definition) is 1. The molecule has 0 spiro atoms. The van der Waals surface area contributed by atoms with Crippen LogP contribution in [-0.2, 0) is 0 Å². The number of likely N-dealkylation sites (tertiary alicyclic amines) is 1. The maximum atomic E-state index is 13.9. The first-order valence-electron chi connectivity index (χ1n) is 14.5. The predicted octanol–water partition coefficient (Wildman–Crippen LogP) is 4.96. The summed E-state index contributed by atoms with van der Waals surface area (Å²) in [6.45, 7) is 0.945. The Morgan fingerprint density at radius 2 is 1.60 bits per heavy atom. The second-order valence-corrected chi connectivity index (χ2v) is 10.9. The summed E-state index contributed by atoms with van der Waals surface area (Å²) in [5, 5.41) is 11.9. The quantitative estimate of drug-likeness (QED) is 0.372. The number of halogens is 1. The SMILES string of the molecule is COc1ccc(C(=O)C2CCN(C(=O)c3ccc(C(=O)N[C@H]4CC[C@@H](Oc5ccc(C#N)c(F)c5)CC4)nc3)CC2)cc1. The van der Waals surface area contributed by atoms with Gasteiger partial charge in [0.05, 0.1) is 24.3 Å². The first-order chi connectivity index (χ1) is 20.8. The van der Waals surface area contributed by atoms with Crippen LogP contribution in [-0.4, -0.2) is 59.8 Å². The van der Waals surface area contributed by atoms with E-state index in [0.29, 0.717) is 74.2 Å². The second-order valence-electron chi connectivity index (χ2n) is 10.9. The lowest BCUT2D eigenvalue weighted by Crippen LogP contribution is -2.40. The number of nitrogens with zero attached hydrogens (tertiary/aromatic N) is 3. The number of methoxy groups -OCH3 is 1. The van der Waals surface area contributed by atoms with Crippen molar-refractivity contribution < 1.29 is 28.2 Å². The largest absolute Gasteiger partial charge is 0.497 e. The summed E-state index contributed by atoms with van der Waals surface area (Å²) in [4.78, 5) is 44.7. The molecule has 0 radical (unpaired) electrons. The molecule has 3 aromatic rings. The lowest BCUT2D eigenvalue weighted by molar-refractivity contribution is 0.0649. The van der Waals surface area contributed by atoms with Crippen molar-refractivity contribution in [2.45, 2.75) is 50.7 Å². The lowest BCUT2D eigenvalue weighted by Gasteiger charge is -2.31. The van der Waals surface area contributed by atoms with E-state index < -0.39 is 5.82 Å². The van der Waals surface area contributed by atoms with Crippen LogP contribution in [0.5, 0.6) is 11.5 Å². The summed E-state index contributed by atoms with van der Waals surface area (Å²) in [6.07, 6.45) is 5.27. The van der Waals surface area contributed by atoms with Gasteiger partial charge in [0.1, 0.15) is 29.1 Å². The Hall–Kier alpha value is -4.78. The highest BCUT2D eigenvalue weighted by atomic mass is 19.1. The van der Waals surface area contributed by atoms with E-state index in [4.69, 9.17) is 14.7 Å². The average Bonchev–Trinajstić information content (AvgIpc) is 3.05. The topological polar surface area (TPSA) is 122 Å². The molecular formula is C33H33FN4O5. The van der Waals surface area contributed by atoms with Gasteiger partial charge in [0, 0.05) is 42.9 Å². The molecule has 1 saturated carbocycles. The molecule has 2 amide bonds. The van der Waals surface area contributed by atoms with E-state index in [1.165, 1.54) is 18.3 Å². The zero-order valence-corrected chi connectivity index (χ0v) is 23.9. The molecule has 1 N–H and O–H groups in total. The molecule has 1 aliphatic carbocycles. The van der Waals surface area contributed by atoms with E-state index in [0.717, 1.165) is 0 Å². The number of carbonyl (C=O) groups is 3. The van der Waals surface area contributed by atoms with Crippen molar-refractivity contribution in [3.8, 4) is 17.6 Å². The lowest BCUT2D eigenvalue weighted by atomic mass is 9.88. The Morgan fingerprint density at radius 3 is 2.21 bits per heavy atom. The first-order valence-corrected chi connectivity index (χ1v) is 14.5. The number of benzene rings is 2. The van der Waals surface area contributed by atoms with Crippen LogP contribution < -0.4 is 14.8 Å². The molecule has 1 aliphatic heterocycles. The van der Waals surface area contributed by atoms with Gasteiger partial charge in [-0.05, 0) is 87.1 Å². The average molecular weight is 585 g/mol. The molecule has 2 aromatic carbocycles. The maximum absolute atomic E-state index is 13.9. The number of Topliss-reactive ketones (excluding diaryl/α,β-unsaturated/α-hetero) is 1. The number of carbonyl (C=O) groups excluding carboxylic acids is 3. The summed E-state index contributed by atoms with van der Waals surface area (Å²) in [6, 6.07) is 16.2. The second kappa shape index (κ2) is 13.5.